The zero-order valence-corrected chi connectivity index (χ0v) is 9.76. The quantitative estimate of drug-likeness (QED) is 0.484. The van der Waals surface area contributed by atoms with E-state index in [0.717, 1.165) is 10.5 Å². The number of rotatable bonds is 4. The summed E-state index contributed by atoms with van der Waals surface area (Å²) in [7, 11) is 0. The van der Waals surface area contributed by atoms with Gasteiger partial charge in [-0.1, -0.05) is 6.07 Å². The van der Waals surface area contributed by atoms with Crippen molar-refractivity contribution in [3.05, 3.63) is 23.8 Å². The summed E-state index contributed by atoms with van der Waals surface area (Å²) >= 11 is 1.59. The van der Waals surface area contributed by atoms with E-state index in [1.165, 1.54) is 0 Å². The zero-order chi connectivity index (χ0) is 11.3. The topological polar surface area (TPSA) is 52.3 Å². The molecule has 15 heavy (non-hydrogen) atoms. The molecule has 0 fully saturated rings. The second kappa shape index (κ2) is 5.66. The Labute approximate surface area is 94.0 Å². The predicted octanol–water partition coefficient (Wildman–Crippen LogP) is 2.10. The normalized spacial score (nSPS) is 10.0. The van der Waals surface area contributed by atoms with E-state index in [2.05, 4.69) is 0 Å². The predicted molar refractivity (Wildman–Crippen MR) is 63.0 cm³/mol. The zero-order valence-electron chi connectivity index (χ0n) is 8.95. The molecule has 0 aliphatic carbocycles. The Hall–Kier alpha value is -1.16. The Morgan fingerprint density at radius 3 is 2.80 bits per heavy atom. The van der Waals surface area contributed by atoms with Crippen molar-refractivity contribution >= 4 is 23.4 Å². The van der Waals surface area contributed by atoms with E-state index in [1.54, 1.807) is 18.7 Å². The summed E-state index contributed by atoms with van der Waals surface area (Å²) in [5.41, 5.74) is 7.41. The van der Waals surface area contributed by atoms with E-state index in [4.69, 9.17) is 10.5 Å². The summed E-state index contributed by atoms with van der Waals surface area (Å²) in [6.45, 7) is 2.21. The van der Waals surface area contributed by atoms with Gasteiger partial charge in [0.25, 0.3) is 0 Å². The number of nitrogen functional groups attached to an aromatic ring is 1. The Bertz CT molecular complexity index is 352. The Morgan fingerprint density at radius 1 is 1.53 bits per heavy atom. The van der Waals surface area contributed by atoms with Gasteiger partial charge < -0.3 is 10.5 Å². The van der Waals surface area contributed by atoms with E-state index in [9.17, 15) is 4.79 Å². The number of benzene rings is 1. The van der Waals surface area contributed by atoms with Crippen LogP contribution in [0.4, 0.5) is 5.69 Å². The highest BCUT2D eigenvalue weighted by Crippen LogP contribution is 2.23. The number of hydrogen-bond acceptors (Lipinski definition) is 4. The third-order valence-corrected chi connectivity index (χ3v) is 2.76. The number of carbonyl (C=O) groups is 1. The lowest BCUT2D eigenvalue weighted by Gasteiger charge is -2.06. The van der Waals surface area contributed by atoms with Gasteiger partial charge in [-0.25, -0.2) is 0 Å². The molecular formula is C11H15NO2S. The average Bonchev–Trinajstić information content (AvgIpc) is 2.18. The van der Waals surface area contributed by atoms with Gasteiger partial charge in [0.2, 0.25) is 0 Å². The molecule has 0 bridgehead atoms. The molecular weight excluding hydrogens is 210 g/mol. The maximum Gasteiger partial charge on any atom is 0.310 e. The van der Waals surface area contributed by atoms with Crippen LogP contribution in [0.3, 0.4) is 0 Å². The first-order valence-corrected chi connectivity index (χ1v) is 5.97. The second-order valence-electron chi connectivity index (χ2n) is 3.06. The fraction of sp³-hybridized carbons (Fsp3) is 0.364. The van der Waals surface area contributed by atoms with Crippen molar-refractivity contribution in [3.63, 3.8) is 0 Å². The molecule has 0 saturated carbocycles. The first-order chi connectivity index (χ1) is 7.17. The maximum absolute atomic E-state index is 11.2. The van der Waals surface area contributed by atoms with Crippen molar-refractivity contribution in [2.45, 2.75) is 18.2 Å². The molecule has 0 atom stereocenters. The molecule has 1 rings (SSSR count). The molecule has 82 valence electrons. The second-order valence-corrected chi connectivity index (χ2v) is 3.91. The highest BCUT2D eigenvalue weighted by atomic mass is 32.2. The largest absolute Gasteiger partial charge is 0.466 e. The van der Waals surface area contributed by atoms with Gasteiger partial charge in [0.1, 0.15) is 0 Å². The molecule has 0 radical (unpaired) electrons. The lowest BCUT2D eigenvalue weighted by molar-refractivity contribution is -0.142. The van der Waals surface area contributed by atoms with E-state index in [0.29, 0.717) is 12.3 Å². The van der Waals surface area contributed by atoms with Gasteiger partial charge in [-0.05, 0) is 30.9 Å². The molecule has 0 spiro atoms. The summed E-state index contributed by atoms with van der Waals surface area (Å²) in [6, 6.07) is 5.65. The fourth-order valence-corrected chi connectivity index (χ4v) is 1.77. The van der Waals surface area contributed by atoms with Crippen LogP contribution in [0.1, 0.15) is 12.5 Å². The number of thioether (sulfide) groups is 1. The van der Waals surface area contributed by atoms with Crippen molar-refractivity contribution in [2.75, 3.05) is 18.6 Å². The van der Waals surface area contributed by atoms with Gasteiger partial charge in [-0.2, -0.15) is 0 Å². The minimum atomic E-state index is -0.214. The maximum atomic E-state index is 11.2. The van der Waals surface area contributed by atoms with Gasteiger partial charge >= 0.3 is 5.97 Å². The molecule has 0 aliphatic rings. The van der Waals surface area contributed by atoms with Crippen molar-refractivity contribution in [1.82, 2.24) is 0 Å². The van der Waals surface area contributed by atoms with E-state index in [-0.39, 0.29) is 12.4 Å². The first kappa shape index (κ1) is 11.9. The molecule has 1 aromatic carbocycles. The van der Waals surface area contributed by atoms with Gasteiger partial charge in [0.15, 0.2) is 0 Å². The smallest absolute Gasteiger partial charge is 0.310 e. The van der Waals surface area contributed by atoms with Gasteiger partial charge in [0, 0.05) is 10.6 Å². The van der Waals surface area contributed by atoms with E-state index < -0.39 is 0 Å². The highest BCUT2D eigenvalue weighted by Gasteiger charge is 2.05. The highest BCUT2D eigenvalue weighted by molar-refractivity contribution is 7.98. The van der Waals surface area contributed by atoms with Crippen LogP contribution in [0, 0.1) is 0 Å². The van der Waals surface area contributed by atoms with Crippen LogP contribution in [0.5, 0.6) is 0 Å². The van der Waals surface area contributed by atoms with Crippen molar-refractivity contribution < 1.29 is 9.53 Å². The molecule has 0 saturated heterocycles. The molecule has 0 aliphatic heterocycles. The van der Waals surface area contributed by atoms with Crippen LogP contribution in [-0.4, -0.2) is 18.8 Å². The number of carbonyl (C=O) groups excluding carboxylic acids is 1. The molecule has 0 heterocycles. The third kappa shape index (κ3) is 3.47. The molecule has 0 amide bonds. The van der Waals surface area contributed by atoms with Gasteiger partial charge in [0.05, 0.1) is 13.0 Å². The van der Waals surface area contributed by atoms with E-state index >= 15 is 0 Å². The van der Waals surface area contributed by atoms with Crippen LogP contribution >= 0.6 is 11.8 Å². The van der Waals surface area contributed by atoms with Gasteiger partial charge in [-0.15, -0.1) is 11.8 Å². The molecule has 3 nitrogen and oxygen atoms in total. The SMILES string of the molecule is CCOC(=O)Cc1ccc(SC)c(N)c1. The number of ether oxygens (including phenoxy) is 1. The lowest BCUT2D eigenvalue weighted by atomic mass is 10.1. The molecule has 2 N–H and O–H groups in total. The molecule has 4 heteroatoms. The Kier molecular flexibility index (Phi) is 4.49. The number of anilines is 1. The summed E-state index contributed by atoms with van der Waals surface area (Å²) < 4.78 is 4.86. The van der Waals surface area contributed by atoms with E-state index in [1.807, 2.05) is 24.5 Å². The van der Waals surface area contributed by atoms with Crippen molar-refractivity contribution in [2.24, 2.45) is 0 Å². The first-order valence-electron chi connectivity index (χ1n) is 4.75. The number of hydrogen-bond donors (Lipinski definition) is 1. The van der Waals surface area contributed by atoms with Gasteiger partial charge in [-0.3, -0.25) is 4.79 Å². The molecule has 0 unspecified atom stereocenters. The van der Waals surface area contributed by atoms with Crippen LogP contribution < -0.4 is 5.73 Å². The summed E-state index contributed by atoms with van der Waals surface area (Å²) in [6.07, 6.45) is 2.25. The van der Waals surface area contributed by atoms with Crippen LogP contribution in [0.2, 0.25) is 0 Å². The number of nitrogens with two attached hydrogens (primary N) is 1. The average molecular weight is 225 g/mol. The fourth-order valence-electron chi connectivity index (χ4n) is 1.27. The Morgan fingerprint density at radius 2 is 2.27 bits per heavy atom. The minimum Gasteiger partial charge on any atom is -0.466 e. The van der Waals surface area contributed by atoms with Crippen LogP contribution in [-0.2, 0) is 16.0 Å². The van der Waals surface area contributed by atoms with Crippen LogP contribution in [0.15, 0.2) is 23.1 Å². The Balaban J connectivity index is 2.71. The summed E-state index contributed by atoms with van der Waals surface area (Å²) in [5.74, 6) is -0.214. The van der Waals surface area contributed by atoms with Crippen molar-refractivity contribution in [1.29, 1.82) is 0 Å². The summed E-state index contributed by atoms with van der Waals surface area (Å²) in [5, 5.41) is 0. The van der Waals surface area contributed by atoms with Crippen molar-refractivity contribution in [3.8, 4) is 0 Å². The lowest BCUT2D eigenvalue weighted by Crippen LogP contribution is -2.07. The molecule has 1 aromatic rings. The summed E-state index contributed by atoms with van der Waals surface area (Å²) in [4.78, 5) is 12.2. The third-order valence-electron chi connectivity index (χ3n) is 1.95. The minimum absolute atomic E-state index is 0.214. The monoisotopic (exact) mass is 225 g/mol. The number of esters is 1. The standard InChI is InChI=1S/C11H15NO2S/c1-3-14-11(13)7-8-4-5-10(15-2)9(12)6-8/h4-6H,3,7,12H2,1-2H3. The van der Waals surface area contributed by atoms with Crippen LogP contribution in [0.25, 0.3) is 0 Å². The molecule has 0 aromatic heterocycles.